The van der Waals surface area contributed by atoms with Gasteiger partial charge in [-0.05, 0) is 12.8 Å². The number of hydrogen-bond donors (Lipinski definition) is 5. The number of nitrogen functional groups attached to an aromatic ring is 2. The molecule has 4 rings (SSSR count). The predicted octanol–water partition coefficient (Wildman–Crippen LogP) is 1.26. The van der Waals surface area contributed by atoms with Crippen LogP contribution in [0, 0.1) is 0 Å². The second-order valence-corrected chi connectivity index (χ2v) is 12.1. The summed E-state index contributed by atoms with van der Waals surface area (Å²) in [4.78, 5) is 43.0. The summed E-state index contributed by atoms with van der Waals surface area (Å²) in [7, 11) is 0. The molecule has 1 saturated heterocycles. The summed E-state index contributed by atoms with van der Waals surface area (Å²) >= 11 is 10.8. The molecule has 0 radical (unpaired) electrons. The third-order valence-electron chi connectivity index (χ3n) is 4.86. The number of thiazole rings is 1. The second kappa shape index (κ2) is 9.95. The number of thioether (sulfide) groups is 2. The van der Waals surface area contributed by atoms with Crippen molar-refractivity contribution in [1.29, 1.82) is 0 Å². The summed E-state index contributed by atoms with van der Waals surface area (Å²) in [5.41, 5.74) is 10.4. The molecule has 0 aromatic carbocycles. The Morgan fingerprint density at radius 1 is 1.26 bits per heavy atom. The van der Waals surface area contributed by atoms with Gasteiger partial charge in [0.2, 0.25) is 5.13 Å². The summed E-state index contributed by atoms with van der Waals surface area (Å²) in [6.45, 7) is 0. The number of aliphatic carboxylic acids is 1. The normalized spacial score (nSPS) is 20.2. The van der Waals surface area contributed by atoms with Crippen molar-refractivity contribution in [2.24, 2.45) is 5.16 Å². The molecule has 13 nitrogen and oxygen atoms in total. The van der Waals surface area contributed by atoms with Gasteiger partial charge >= 0.3 is 5.97 Å². The second-order valence-electron chi connectivity index (χ2n) is 6.78. The molecule has 4 heterocycles. The van der Waals surface area contributed by atoms with Gasteiger partial charge in [-0.25, -0.2) is 9.78 Å². The number of halogens is 1. The molecule has 2 amide bonds. The van der Waals surface area contributed by atoms with E-state index >= 15 is 0 Å². The first-order chi connectivity index (χ1) is 16.2. The van der Waals surface area contributed by atoms with Crippen LogP contribution < -0.4 is 16.8 Å². The maximum Gasteiger partial charge on any atom is 0.353 e. The highest BCUT2D eigenvalue weighted by Crippen LogP contribution is 2.42. The number of oxime groups is 1. The van der Waals surface area contributed by atoms with Crippen molar-refractivity contribution in [3.05, 3.63) is 20.6 Å². The van der Waals surface area contributed by atoms with E-state index in [1.165, 1.54) is 39.8 Å². The van der Waals surface area contributed by atoms with Crippen molar-refractivity contribution in [2.75, 3.05) is 16.6 Å². The molecule has 0 spiro atoms. The number of allylic oxidation sites excluding steroid dienone is 1. The van der Waals surface area contributed by atoms with E-state index in [9.17, 15) is 24.7 Å². The Morgan fingerprint density at radius 3 is 2.62 bits per heavy atom. The molecule has 2 aromatic rings. The molecule has 7 N–H and O–H groups in total. The highest BCUT2D eigenvalue weighted by atomic mass is 35.5. The molecule has 1 fully saturated rings. The summed E-state index contributed by atoms with van der Waals surface area (Å²) in [5.74, 6) is -2.71. The van der Waals surface area contributed by atoms with Crippen molar-refractivity contribution in [3.8, 4) is 0 Å². The largest absolute Gasteiger partial charge is 0.477 e. The van der Waals surface area contributed by atoms with Crippen LogP contribution in [0.3, 0.4) is 0 Å². The zero-order valence-electron chi connectivity index (χ0n) is 16.8. The number of nitrogens with one attached hydrogen (secondary N) is 1. The minimum atomic E-state index is -1.24. The summed E-state index contributed by atoms with van der Waals surface area (Å²) in [6, 6.07) is -1.54. The monoisotopic (exact) mass is 562 g/mol. The van der Waals surface area contributed by atoms with Gasteiger partial charge in [-0.15, -0.1) is 22.0 Å². The van der Waals surface area contributed by atoms with Crippen molar-refractivity contribution < 1.29 is 24.7 Å². The number of fused-ring (bicyclic) bond motifs is 1. The Morgan fingerprint density at radius 2 is 2.03 bits per heavy atom. The minimum absolute atomic E-state index is 0.0477. The first kappa shape index (κ1) is 24.5. The van der Waals surface area contributed by atoms with Crippen LogP contribution in [0.5, 0.6) is 0 Å². The van der Waals surface area contributed by atoms with Gasteiger partial charge in [-0.1, -0.05) is 51.2 Å². The molecule has 0 aliphatic carbocycles. The molecule has 2 unspecified atom stereocenters. The van der Waals surface area contributed by atoms with Crippen LogP contribution in [-0.2, 0) is 14.4 Å². The van der Waals surface area contributed by atoms with Gasteiger partial charge in [0.15, 0.2) is 15.2 Å². The molecule has 180 valence electrons. The molecule has 2 atom stereocenters. The molecular weight excluding hydrogens is 548 g/mol. The number of carboxylic acid groups (broad SMARTS) is 1. The van der Waals surface area contributed by atoms with E-state index in [4.69, 9.17) is 23.1 Å². The fourth-order valence-corrected chi connectivity index (χ4v) is 7.56. The van der Waals surface area contributed by atoms with Gasteiger partial charge in [0, 0.05) is 4.91 Å². The van der Waals surface area contributed by atoms with Crippen molar-refractivity contribution in [2.45, 2.75) is 29.3 Å². The van der Waals surface area contributed by atoms with Crippen LogP contribution in [0.4, 0.5) is 10.3 Å². The highest BCUT2D eigenvalue weighted by molar-refractivity contribution is 8.18. The van der Waals surface area contributed by atoms with Crippen LogP contribution in [0.2, 0.25) is 4.34 Å². The quantitative estimate of drug-likeness (QED) is 0.0768. The fraction of sp³-hybridized carbons (Fsp3) is 0.312. The van der Waals surface area contributed by atoms with E-state index in [2.05, 4.69) is 25.7 Å². The lowest BCUT2D eigenvalue weighted by molar-refractivity contribution is -0.155. The Kier molecular flexibility index (Phi) is 7.17. The predicted molar refractivity (Wildman–Crippen MR) is 129 cm³/mol. The van der Waals surface area contributed by atoms with Crippen LogP contribution in [0.15, 0.2) is 20.1 Å². The number of nitrogens with zero attached hydrogens (tertiary/aromatic N) is 5. The van der Waals surface area contributed by atoms with Crippen molar-refractivity contribution in [1.82, 2.24) is 25.4 Å². The standard InChI is InChI=1S/C16H15ClN8O5S4/c17-10-7(21-14(18)33-10)8(24-30)11(26)20-6-4-1-2-5(9(13(28)29)25(4)12(6)27)31-3-32-16-23-22-15(19)34-16/h4,6,30H,1-3H2,(H2,18,21)(H2,19,22)(H,20,26)(H,28,29)/b24-8-. The van der Waals surface area contributed by atoms with Crippen LogP contribution in [0.1, 0.15) is 18.5 Å². The molecule has 18 heteroatoms. The third kappa shape index (κ3) is 4.65. The first-order valence-corrected chi connectivity index (χ1v) is 13.3. The topological polar surface area (TPSA) is 210 Å². The van der Waals surface area contributed by atoms with Gasteiger partial charge in [-0.3, -0.25) is 14.5 Å². The number of anilines is 2. The number of rotatable bonds is 8. The number of amides is 2. The summed E-state index contributed by atoms with van der Waals surface area (Å²) < 4.78 is 0.703. The van der Waals surface area contributed by atoms with Crippen LogP contribution in [-0.4, -0.2) is 71.1 Å². The number of carboxylic acids is 1. The van der Waals surface area contributed by atoms with Crippen LogP contribution >= 0.6 is 57.8 Å². The van der Waals surface area contributed by atoms with E-state index in [0.717, 1.165) is 11.3 Å². The number of aromatic nitrogens is 3. The third-order valence-corrected chi connectivity index (χ3v) is 9.11. The fourth-order valence-electron chi connectivity index (χ4n) is 3.47. The first-order valence-electron chi connectivity index (χ1n) is 9.30. The molecular formula is C16H15ClN8O5S4. The maximum absolute atomic E-state index is 12.8. The molecule has 0 saturated carbocycles. The smallest absolute Gasteiger partial charge is 0.353 e. The summed E-state index contributed by atoms with van der Waals surface area (Å²) in [5, 5.41) is 33.0. The number of nitrogens with two attached hydrogens (primary N) is 2. The van der Waals surface area contributed by atoms with Gasteiger partial charge in [0.25, 0.3) is 11.8 Å². The molecule has 0 bridgehead atoms. The lowest BCUT2D eigenvalue weighted by Gasteiger charge is -2.50. The average Bonchev–Trinajstić information content (AvgIpc) is 3.35. The van der Waals surface area contributed by atoms with E-state index < -0.39 is 35.6 Å². The van der Waals surface area contributed by atoms with Gasteiger partial charge < -0.3 is 27.1 Å². The number of carbonyl (C=O) groups is 3. The van der Waals surface area contributed by atoms with Crippen molar-refractivity contribution in [3.63, 3.8) is 0 Å². The zero-order chi connectivity index (χ0) is 24.6. The Bertz CT molecular complexity index is 1230. The Labute approximate surface area is 212 Å². The molecule has 34 heavy (non-hydrogen) atoms. The van der Waals surface area contributed by atoms with Gasteiger partial charge in [0.1, 0.15) is 21.8 Å². The van der Waals surface area contributed by atoms with E-state index in [-0.39, 0.29) is 20.9 Å². The lowest BCUT2D eigenvalue weighted by atomic mass is 9.86. The molecule has 2 aromatic heterocycles. The van der Waals surface area contributed by atoms with E-state index in [1.807, 2.05) is 0 Å². The minimum Gasteiger partial charge on any atom is -0.477 e. The lowest BCUT2D eigenvalue weighted by Crippen LogP contribution is -2.72. The summed E-state index contributed by atoms with van der Waals surface area (Å²) in [6.07, 6.45) is 0.837. The Balaban J connectivity index is 1.45. The van der Waals surface area contributed by atoms with Gasteiger partial charge in [0.05, 0.1) is 11.1 Å². The number of carbonyl (C=O) groups excluding carboxylic acids is 2. The maximum atomic E-state index is 12.8. The van der Waals surface area contributed by atoms with Gasteiger partial charge in [-0.2, -0.15) is 0 Å². The number of β-lactam (4-membered cyclic amide) rings is 1. The SMILES string of the molecule is Nc1nnc(SCSC2=C(C(=O)O)N3C(=O)C(NC(=O)/C(=N\O)c4nc(N)sc4Cl)C3CC2)s1. The molecule has 2 aliphatic heterocycles. The van der Waals surface area contributed by atoms with E-state index in [0.29, 0.717) is 32.3 Å². The average molecular weight is 563 g/mol. The van der Waals surface area contributed by atoms with Crippen molar-refractivity contribution >= 4 is 91.6 Å². The van der Waals surface area contributed by atoms with Crippen LogP contribution in [0.25, 0.3) is 0 Å². The number of hydrogen-bond acceptors (Lipinski definition) is 14. The highest BCUT2D eigenvalue weighted by Gasteiger charge is 2.53. The Hall–Kier alpha value is -2.60. The zero-order valence-corrected chi connectivity index (χ0v) is 20.8. The molecule has 2 aliphatic rings. The van der Waals surface area contributed by atoms with E-state index in [1.54, 1.807) is 0 Å².